The van der Waals surface area contributed by atoms with Crippen molar-refractivity contribution < 1.29 is 13.9 Å². The lowest BCUT2D eigenvalue weighted by atomic mass is 10.1. The van der Waals surface area contributed by atoms with Crippen molar-refractivity contribution in [2.24, 2.45) is 0 Å². The number of hydrogen-bond acceptors (Lipinski definition) is 4. The van der Waals surface area contributed by atoms with Crippen LogP contribution in [0.1, 0.15) is 16.8 Å². The van der Waals surface area contributed by atoms with Crippen molar-refractivity contribution in [1.82, 2.24) is 10.2 Å². The van der Waals surface area contributed by atoms with Crippen molar-refractivity contribution in [2.45, 2.75) is 6.42 Å². The van der Waals surface area contributed by atoms with Gasteiger partial charge >= 0.3 is 0 Å². The number of halogens is 1. The number of rotatable bonds is 5. The van der Waals surface area contributed by atoms with Crippen LogP contribution in [0, 0.1) is 5.82 Å². The van der Waals surface area contributed by atoms with E-state index in [0.717, 1.165) is 39.3 Å². The number of nitrogens with one attached hydrogen (secondary N) is 1. The second kappa shape index (κ2) is 7.21. The van der Waals surface area contributed by atoms with Gasteiger partial charge in [0.25, 0.3) is 5.91 Å². The maximum Gasteiger partial charge on any atom is 0.253 e. The SMILES string of the molecule is Nc1c(F)cccc1C(=O)NCCCN1CCOCC1. The summed E-state index contributed by atoms with van der Waals surface area (Å²) in [5, 5.41) is 2.76. The van der Waals surface area contributed by atoms with Crippen molar-refractivity contribution in [3.8, 4) is 0 Å². The zero-order chi connectivity index (χ0) is 14.4. The number of hydrogen-bond donors (Lipinski definition) is 2. The molecule has 1 aliphatic heterocycles. The fourth-order valence-corrected chi connectivity index (χ4v) is 2.16. The van der Waals surface area contributed by atoms with Gasteiger partial charge in [-0.3, -0.25) is 9.69 Å². The number of nitrogens with two attached hydrogens (primary N) is 1. The molecular weight excluding hydrogens is 261 g/mol. The Morgan fingerprint density at radius 1 is 1.40 bits per heavy atom. The highest BCUT2D eigenvalue weighted by molar-refractivity contribution is 5.99. The predicted octanol–water partition coefficient (Wildman–Crippen LogP) is 0.860. The van der Waals surface area contributed by atoms with Gasteiger partial charge in [0.2, 0.25) is 0 Å². The third-order valence-electron chi connectivity index (χ3n) is 3.34. The molecule has 0 spiro atoms. The molecule has 0 atom stereocenters. The first-order valence-electron chi connectivity index (χ1n) is 6.81. The van der Waals surface area contributed by atoms with Crippen LogP contribution in [0.25, 0.3) is 0 Å². The Bertz CT molecular complexity index is 462. The van der Waals surface area contributed by atoms with E-state index in [0.29, 0.717) is 6.54 Å². The van der Waals surface area contributed by atoms with E-state index in [1.165, 1.54) is 18.2 Å². The second-order valence-corrected chi connectivity index (χ2v) is 4.76. The highest BCUT2D eigenvalue weighted by Crippen LogP contribution is 2.15. The number of amides is 1. The summed E-state index contributed by atoms with van der Waals surface area (Å²) in [4.78, 5) is 14.2. The summed E-state index contributed by atoms with van der Waals surface area (Å²) in [6, 6.07) is 4.24. The molecule has 0 saturated carbocycles. The summed E-state index contributed by atoms with van der Waals surface area (Å²) >= 11 is 0. The summed E-state index contributed by atoms with van der Waals surface area (Å²) in [5.41, 5.74) is 5.64. The molecule has 1 aromatic rings. The van der Waals surface area contributed by atoms with Gasteiger partial charge in [0, 0.05) is 19.6 Å². The molecule has 0 unspecified atom stereocenters. The van der Waals surface area contributed by atoms with Crippen molar-refractivity contribution >= 4 is 11.6 Å². The van der Waals surface area contributed by atoms with Gasteiger partial charge in [-0.2, -0.15) is 0 Å². The molecule has 0 aliphatic carbocycles. The highest BCUT2D eigenvalue weighted by Gasteiger charge is 2.13. The number of carbonyl (C=O) groups excluding carboxylic acids is 1. The molecule has 6 heteroatoms. The Balaban J connectivity index is 1.73. The number of nitrogens with zero attached hydrogens (tertiary/aromatic N) is 1. The molecule has 0 aromatic heterocycles. The first kappa shape index (κ1) is 14.7. The molecular formula is C14H20FN3O2. The van der Waals surface area contributed by atoms with Gasteiger partial charge in [0.1, 0.15) is 5.82 Å². The van der Waals surface area contributed by atoms with Crippen molar-refractivity contribution in [2.75, 3.05) is 45.1 Å². The van der Waals surface area contributed by atoms with Crippen molar-refractivity contribution in [3.05, 3.63) is 29.6 Å². The maximum absolute atomic E-state index is 13.2. The van der Waals surface area contributed by atoms with Crippen LogP contribution in [-0.4, -0.2) is 50.2 Å². The summed E-state index contributed by atoms with van der Waals surface area (Å²) in [5.74, 6) is -0.894. The number of carbonyl (C=O) groups is 1. The molecule has 1 saturated heterocycles. The van der Waals surface area contributed by atoms with E-state index in [2.05, 4.69) is 10.2 Å². The van der Waals surface area contributed by atoms with Crippen molar-refractivity contribution in [1.29, 1.82) is 0 Å². The molecule has 2 rings (SSSR count). The molecule has 1 heterocycles. The fourth-order valence-electron chi connectivity index (χ4n) is 2.16. The molecule has 1 aliphatic rings. The fraction of sp³-hybridized carbons (Fsp3) is 0.500. The first-order valence-corrected chi connectivity index (χ1v) is 6.81. The van der Waals surface area contributed by atoms with Crippen LogP contribution in [0.4, 0.5) is 10.1 Å². The lowest BCUT2D eigenvalue weighted by molar-refractivity contribution is 0.0374. The van der Waals surface area contributed by atoms with Gasteiger partial charge in [-0.05, 0) is 25.1 Å². The van der Waals surface area contributed by atoms with Crippen LogP contribution in [0.5, 0.6) is 0 Å². The number of anilines is 1. The van der Waals surface area contributed by atoms with E-state index in [-0.39, 0.29) is 17.2 Å². The zero-order valence-electron chi connectivity index (χ0n) is 11.4. The smallest absolute Gasteiger partial charge is 0.253 e. The van der Waals surface area contributed by atoms with Gasteiger partial charge < -0.3 is 15.8 Å². The minimum atomic E-state index is -0.564. The summed E-state index contributed by atoms with van der Waals surface area (Å²) in [6.45, 7) is 4.88. The van der Waals surface area contributed by atoms with E-state index >= 15 is 0 Å². The monoisotopic (exact) mass is 281 g/mol. The molecule has 1 amide bonds. The molecule has 1 fully saturated rings. The maximum atomic E-state index is 13.2. The average molecular weight is 281 g/mol. The zero-order valence-corrected chi connectivity index (χ0v) is 11.4. The first-order chi connectivity index (χ1) is 9.68. The van der Waals surface area contributed by atoms with E-state index in [1.54, 1.807) is 0 Å². The topological polar surface area (TPSA) is 67.6 Å². The van der Waals surface area contributed by atoms with Gasteiger partial charge in [-0.15, -0.1) is 0 Å². The van der Waals surface area contributed by atoms with Crippen LogP contribution in [0.2, 0.25) is 0 Å². The van der Waals surface area contributed by atoms with E-state index in [1.807, 2.05) is 0 Å². The summed E-state index contributed by atoms with van der Waals surface area (Å²) in [7, 11) is 0. The normalized spacial score (nSPS) is 16.1. The Morgan fingerprint density at radius 2 is 2.15 bits per heavy atom. The van der Waals surface area contributed by atoms with E-state index in [4.69, 9.17) is 10.5 Å². The third-order valence-corrected chi connectivity index (χ3v) is 3.34. The average Bonchev–Trinajstić information content (AvgIpc) is 2.47. The van der Waals surface area contributed by atoms with Crippen LogP contribution >= 0.6 is 0 Å². The minimum absolute atomic E-state index is 0.0989. The van der Waals surface area contributed by atoms with Gasteiger partial charge in [0.05, 0.1) is 24.5 Å². The van der Waals surface area contributed by atoms with E-state index in [9.17, 15) is 9.18 Å². The van der Waals surface area contributed by atoms with Crippen LogP contribution in [-0.2, 0) is 4.74 Å². The lowest BCUT2D eigenvalue weighted by Gasteiger charge is -2.26. The number of nitrogen functional groups attached to an aromatic ring is 1. The molecule has 110 valence electrons. The van der Waals surface area contributed by atoms with Gasteiger partial charge in [-0.25, -0.2) is 4.39 Å². The number of benzene rings is 1. The van der Waals surface area contributed by atoms with E-state index < -0.39 is 5.82 Å². The van der Waals surface area contributed by atoms with Crippen molar-refractivity contribution in [3.63, 3.8) is 0 Å². The lowest BCUT2D eigenvalue weighted by Crippen LogP contribution is -2.38. The number of ether oxygens (including phenoxy) is 1. The second-order valence-electron chi connectivity index (χ2n) is 4.76. The molecule has 5 nitrogen and oxygen atoms in total. The Hall–Kier alpha value is -1.66. The molecule has 20 heavy (non-hydrogen) atoms. The summed E-state index contributed by atoms with van der Waals surface area (Å²) in [6.07, 6.45) is 0.848. The van der Waals surface area contributed by atoms with Crippen LogP contribution in [0.15, 0.2) is 18.2 Å². The van der Waals surface area contributed by atoms with Gasteiger partial charge in [0.15, 0.2) is 0 Å². The Kier molecular flexibility index (Phi) is 5.31. The predicted molar refractivity (Wildman–Crippen MR) is 75.0 cm³/mol. The standard InChI is InChI=1S/C14H20FN3O2/c15-12-4-1-3-11(13(12)16)14(19)17-5-2-6-18-7-9-20-10-8-18/h1,3-4H,2,5-10,16H2,(H,17,19). The minimum Gasteiger partial charge on any atom is -0.396 e. The quantitative estimate of drug-likeness (QED) is 0.620. The molecule has 0 bridgehead atoms. The highest BCUT2D eigenvalue weighted by atomic mass is 19.1. The Labute approximate surface area is 117 Å². The molecule has 0 radical (unpaired) electrons. The number of para-hydroxylation sites is 1. The summed E-state index contributed by atoms with van der Waals surface area (Å²) < 4.78 is 18.5. The van der Waals surface area contributed by atoms with Crippen LogP contribution < -0.4 is 11.1 Å². The largest absolute Gasteiger partial charge is 0.396 e. The third kappa shape index (κ3) is 3.91. The molecule has 1 aromatic carbocycles. The van der Waals surface area contributed by atoms with Crippen LogP contribution in [0.3, 0.4) is 0 Å². The number of morpholine rings is 1. The Morgan fingerprint density at radius 3 is 2.90 bits per heavy atom. The van der Waals surface area contributed by atoms with Gasteiger partial charge in [-0.1, -0.05) is 6.07 Å². The molecule has 3 N–H and O–H groups in total.